The van der Waals surface area contributed by atoms with Gasteiger partial charge in [-0.1, -0.05) is 6.42 Å². The third-order valence-electron chi connectivity index (χ3n) is 3.88. The van der Waals surface area contributed by atoms with Crippen LogP contribution < -0.4 is 5.32 Å². The Kier molecular flexibility index (Phi) is 1.62. The molecule has 3 heteroatoms. The van der Waals surface area contributed by atoms with E-state index < -0.39 is 0 Å². The minimum atomic E-state index is 0.290. The van der Waals surface area contributed by atoms with Crippen molar-refractivity contribution >= 4 is 5.91 Å². The third kappa shape index (κ3) is 1.10. The van der Waals surface area contributed by atoms with E-state index in [1.165, 1.54) is 19.3 Å². The largest absolute Gasteiger partial charge is 0.354 e. The van der Waals surface area contributed by atoms with Gasteiger partial charge in [0.1, 0.15) is 0 Å². The van der Waals surface area contributed by atoms with Crippen LogP contribution in [0.3, 0.4) is 0 Å². The van der Waals surface area contributed by atoms with Crippen LogP contribution in [0.4, 0.5) is 0 Å². The van der Waals surface area contributed by atoms with E-state index in [4.69, 9.17) is 0 Å². The van der Waals surface area contributed by atoms with Crippen LogP contribution in [0.1, 0.15) is 25.7 Å². The Morgan fingerprint density at radius 3 is 2.77 bits per heavy atom. The number of piperidine rings is 1. The fraction of sp³-hybridized carbons (Fsp3) is 0.900. The van der Waals surface area contributed by atoms with Crippen LogP contribution >= 0.6 is 0 Å². The highest BCUT2D eigenvalue weighted by Gasteiger charge is 2.43. The van der Waals surface area contributed by atoms with Crippen molar-refractivity contribution in [1.29, 1.82) is 0 Å². The molecule has 0 aromatic heterocycles. The van der Waals surface area contributed by atoms with Crippen molar-refractivity contribution in [3.05, 3.63) is 0 Å². The minimum absolute atomic E-state index is 0.290. The monoisotopic (exact) mass is 180 g/mol. The molecule has 2 atom stereocenters. The van der Waals surface area contributed by atoms with Crippen LogP contribution in [0, 0.1) is 5.92 Å². The Labute approximate surface area is 78.5 Å². The normalized spacial score (nSPS) is 40.2. The summed E-state index contributed by atoms with van der Waals surface area (Å²) in [6.07, 6.45) is 5.22. The van der Waals surface area contributed by atoms with Crippen molar-refractivity contribution in [3.8, 4) is 0 Å². The third-order valence-corrected chi connectivity index (χ3v) is 3.88. The van der Waals surface area contributed by atoms with Crippen molar-refractivity contribution in [2.75, 3.05) is 13.1 Å². The van der Waals surface area contributed by atoms with Crippen LogP contribution in [0.2, 0.25) is 0 Å². The van der Waals surface area contributed by atoms with E-state index in [9.17, 15) is 4.79 Å². The first-order valence-electron chi connectivity index (χ1n) is 5.38. The molecule has 2 heterocycles. The molecular weight excluding hydrogens is 164 g/mol. The lowest BCUT2D eigenvalue weighted by molar-refractivity contribution is -0.125. The number of nitrogens with one attached hydrogen (secondary N) is 1. The fourth-order valence-corrected chi connectivity index (χ4v) is 2.86. The SMILES string of the molecule is O=C1NC[C@@H]2C[C@@H]1CN2C1CCC1. The first-order valence-corrected chi connectivity index (χ1v) is 5.38. The van der Waals surface area contributed by atoms with Crippen LogP contribution in [-0.4, -0.2) is 36.0 Å². The molecule has 2 bridgehead atoms. The molecule has 2 aliphatic heterocycles. The second-order valence-corrected chi connectivity index (χ2v) is 4.61. The first-order chi connectivity index (χ1) is 6.34. The molecule has 1 aliphatic carbocycles. The Hall–Kier alpha value is -0.570. The molecule has 3 rings (SSSR count). The Morgan fingerprint density at radius 2 is 2.15 bits per heavy atom. The summed E-state index contributed by atoms with van der Waals surface area (Å²) in [5, 5.41) is 3.00. The van der Waals surface area contributed by atoms with E-state index in [0.29, 0.717) is 12.0 Å². The summed E-state index contributed by atoms with van der Waals surface area (Å²) in [4.78, 5) is 14.0. The van der Waals surface area contributed by atoms with Gasteiger partial charge in [0.15, 0.2) is 0 Å². The topological polar surface area (TPSA) is 32.3 Å². The number of amides is 1. The van der Waals surface area contributed by atoms with Crippen molar-refractivity contribution in [3.63, 3.8) is 0 Å². The zero-order chi connectivity index (χ0) is 8.84. The molecule has 0 spiro atoms. The molecule has 3 nitrogen and oxygen atoms in total. The highest BCUT2D eigenvalue weighted by atomic mass is 16.2. The molecule has 2 saturated heterocycles. The van der Waals surface area contributed by atoms with Crippen LogP contribution in [0.15, 0.2) is 0 Å². The summed E-state index contributed by atoms with van der Waals surface area (Å²) in [5.74, 6) is 0.595. The molecule has 0 unspecified atom stereocenters. The zero-order valence-corrected chi connectivity index (χ0v) is 7.83. The van der Waals surface area contributed by atoms with Gasteiger partial charge in [0.05, 0.1) is 5.92 Å². The average Bonchev–Trinajstić information content (AvgIpc) is 2.36. The van der Waals surface area contributed by atoms with E-state index in [0.717, 1.165) is 25.6 Å². The number of carbonyl (C=O) groups excluding carboxylic acids is 1. The maximum absolute atomic E-state index is 11.4. The molecule has 1 amide bonds. The maximum atomic E-state index is 11.4. The van der Waals surface area contributed by atoms with Gasteiger partial charge in [-0.2, -0.15) is 0 Å². The van der Waals surface area contributed by atoms with E-state index in [-0.39, 0.29) is 5.91 Å². The molecule has 1 N–H and O–H groups in total. The molecule has 72 valence electrons. The lowest BCUT2D eigenvalue weighted by atomic mass is 9.91. The maximum Gasteiger partial charge on any atom is 0.224 e. The van der Waals surface area contributed by atoms with Gasteiger partial charge in [0, 0.05) is 25.2 Å². The number of fused-ring (bicyclic) bond motifs is 2. The molecular formula is C10H16N2O. The molecule has 3 aliphatic rings. The van der Waals surface area contributed by atoms with Crippen molar-refractivity contribution in [2.24, 2.45) is 5.92 Å². The Bertz CT molecular complexity index is 237. The van der Waals surface area contributed by atoms with Crippen molar-refractivity contribution in [1.82, 2.24) is 10.2 Å². The molecule has 1 saturated carbocycles. The second-order valence-electron chi connectivity index (χ2n) is 4.61. The van der Waals surface area contributed by atoms with Gasteiger partial charge in [-0.05, 0) is 19.3 Å². The number of carbonyl (C=O) groups is 1. The second kappa shape index (κ2) is 2.71. The summed E-state index contributed by atoms with van der Waals surface area (Å²) < 4.78 is 0. The Balaban J connectivity index is 1.74. The summed E-state index contributed by atoms with van der Waals surface area (Å²) >= 11 is 0. The predicted octanol–water partition coefficient (Wildman–Crippen LogP) is 0.359. The zero-order valence-electron chi connectivity index (χ0n) is 7.83. The van der Waals surface area contributed by atoms with Gasteiger partial charge in [-0.3, -0.25) is 9.69 Å². The van der Waals surface area contributed by atoms with Crippen molar-refractivity contribution < 1.29 is 4.79 Å². The lowest BCUT2D eigenvalue weighted by Gasteiger charge is -2.38. The van der Waals surface area contributed by atoms with Gasteiger partial charge in [-0.15, -0.1) is 0 Å². The smallest absolute Gasteiger partial charge is 0.224 e. The van der Waals surface area contributed by atoms with Crippen LogP contribution in [0.25, 0.3) is 0 Å². The fourth-order valence-electron chi connectivity index (χ4n) is 2.86. The summed E-state index contributed by atoms with van der Waals surface area (Å²) in [6, 6.07) is 1.47. The number of hydrogen-bond acceptors (Lipinski definition) is 2. The molecule has 0 aromatic rings. The highest BCUT2D eigenvalue weighted by molar-refractivity contribution is 5.80. The van der Waals surface area contributed by atoms with E-state index >= 15 is 0 Å². The summed E-state index contributed by atoms with van der Waals surface area (Å²) in [6.45, 7) is 1.92. The quantitative estimate of drug-likeness (QED) is 0.632. The number of nitrogens with zero attached hydrogens (tertiary/aromatic N) is 1. The number of rotatable bonds is 1. The van der Waals surface area contributed by atoms with Gasteiger partial charge in [0.2, 0.25) is 5.91 Å². The van der Waals surface area contributed by atoms with Crippen LogP contribution in [-0.2, 0) is 4.79 Å². The lowest BCUT2D eigenvalue weighted by Crippen LogP contribution is -2.47. The van der Waals surface area contributed by atoms with Gasteiger partial charge in [-0.25, -0.2) is 0 Å². The minimum Gasteiger partial charge on any atom is -0.354 e. The Morgan fingerprint density at radius 1 is 1.31 bits per heavy atom. The van der Waals surface area contributed by atoms with E-state index in [1.807, 2.05) is 0 Å². The molecule has 0 radical (unpaired) electrons. The number of likely N-dealkylation sites (tertiary alicyclic amines) is 1. The first kappa shape index (κ1) is 7.80. The number of hydrogen-bond donors (Lipinski definition) is 1. The summed E-state index contributed by atoms with van der Waals surface area (Å²) in [5.41, 5.74) is 0. The van der Waals surface area contributed by atoms with Gasteiger partial charge in [0.25, 0.3) is 0 Å². The predicted molar refractivity (Wildman–Crippen MR) is 49.2 cm³/mol. The van der Waals surface area contributed by atoms with E-state index in [2.05, 4.69) is 10.2 Å². The molecule has 0 aromatic carbocycles. The van der Waals surface area contributed by atoms with Crippen molar-refractivity contribution in [2.45, 2.75) is 37.8 Å². The summed E-state index contributed by atoms with van der Waals surface area (Å²) in [7, 11) is 0. The molecule has 3 fully saturated rings. The van der Waals surface area contributed by atoms with Gasteiger partial charge < -0.3 is 5.32 Å². The standard InChI is InChI=1S/C10H16N2O/c13-10-7-4-9(5-11-10)12(6-7)8-2-1-3-8/h7-9H,1-6H2,(H,11,13)/t7-,9+/m1/s1. The molecule has 13 heavy (non-hydrogen) atoms. The van der Waals surface area contributed by atoms with E-state index in [1.54, 1.807) is 0 Å². The van der Waals surface area contributed by atoms with Crippen LogP contribution in [0.5, 0.6) is 0 Å². The highest BCUT2D eigenvalue weighted by Crippen LogP contribution is 2.35. The van der Waals surface area contributed by atoms with Gasteiger partial charge >= 0.3 is 0 Å². The average molecular weight is 180 g/mol.